The van der Waals surface area contributed by atoms with Crippen molar-refractivity contribution < 1.29 is 43.7 Å². The maximum Gasteiger partial charge on any atom is 0.524 e. The molecule has 4 rings (SSSR count). The zero-order valence-electron chi connectivity index (χ0n) is 17.9. The molecule has 1 aliphatic heterocycles. The zero-order chi connectivity index (χ0) is 24.5. The number of nitrogens with zero attached hydrogens (tertiary/aromatic N) is 4. The molecule has 0 radical (unpaired) electrons. The van der Waals surface area contributed by atoms with E-state index < -0.39 is 39.0 Å². The Hall–Kier alpha value is -2.84. The first kappa shape index (κ1) is 24.3. The monoisotopic (exact) mass is 497 g/mol. The Morgan fingerprint density at radius 2 is 1.91 bits per heavy atom. The fourth-order valence-electron chi connectivity index (χ4n) is 3.64. The van der Waals surface area contributed by atoms with Crippen LogP contribution in [0.15, 0.2) is 30.9 Å². The van der Waals surface area contributed by atoms with Gasteiger partial charge in [-0.1, -0.05) is 0 Å². The molecule has 0 unspecified atom stereocenters. The second-order valence-corrected chi connectivity index (χ2v) is 8.62. The van der Waals surface area contributed by atoms with E-state index in [2.05, 4.69) is 20.3 Å². The number of rotatable bonds is 9. The van der Waals surface area contributed by atoms with Crippen LogP contribution < -0.4 is 14.6 Å². The van der Waals surface area contributed by atoms with E-state index in [9.17, 15) is 19.9 Å². The van der Waals surface area contributed by atoms with Crippen molar-refractivity contribution in [3.63, 3.8) is 0 Å². The van der Waals surface area contributed by atoms with Crippen LogP contribution in [0.1, 0.15) is 18.7 Å². The number of imidazole rings is 1. The standard InChI is InChI=1S/C19H24N5O9P/c1-2-31-11-3-10(4-12(5-11)33-34(28,29)30)6-20-17-14-18(22-8-21-17)24(9-23-14)19-16(27)15(26)13(7-25)32-19/h3-5,8-9,13,15-16,19,25-27H,2,6-7H2,1H3,(H,20,21,22)(H2,28,29,30)/t13-,15-,16-,19-/m1/s1. The number of aliphatic hydroxyl groups excluding tert-OH is 3. The van der Waals surface area contributed by atoms with Gasteiger partial charge in [-0.15, -0.1) is 0 Å². The predicted molar refractivity (Wildman–Crippen MR) is 116 cm³/mol. The summed E-state index contributed by atoms with van der Waals surface area (Å²) in [5.41, 5.74) is 1.26. The lowest BCUT2D eigenvalue weighted by molar-refractivity contribution is -0.0511. The quantitative estimate of drug-likeness (QED) is 0.215. The highest BCUT2D eigenvalue weighted by molar-refractivity contribution is 7.46. The van der Waals surface area contributed by atoms with Gasteiger partial charge >= 0.3 is 7.82 Å². The first-order valence-electron chi connectivity index (χ1n) is 10.3. The smallest absolute Gasteiger partial charge is 0.494 e. The van der Waals surface area contributed by atoms with Gasteiger partial charge in [0, 0.05) is 12.6 Å². The molecule has 0 saturated carbocycles. The highest BCUT2D eigenvalue weighted by Gasteiger charge is 2.44. The van der Waals surface area contributed by atoms with Crippen LogP contribution in [-0.4, -0.2) is 76.2 Å². The van der Waals surface area contributed by atoms with Crippen LogP contribution in [0.4, 0.5) is 5.82 Å². The van der Waals surface area contributed by atoms with Crippen molar-refractivity contribution in [3.8, 4) is 11.5 Å². The first-order chi connectivity index (χ1) is 16.2. The summed E-state index contributed by atoms with van der Waals surface area (Å²) in [5, 5.41) is 32.8. The summed E-state index contributed by atoms with van der Waals surface area (Å²) < 4.78 is 28.3. The Kier molecular flexibility index (Phi) is 7.00. The van der Waals surface area contributed by atoms with E-state index in [1.54, 1.807) is 13.0 Å². The van der Waals surface area contributed by atoms with Crippen molar-refractivity contribution in [2.45, 2.75) is 38.0 Å². The maximum absolute atomic E-state index is 11.2. The normalized spacial score (nSPS) is 22.8. The maximum atomic E-state index is 11.2. The third-order valence-electron chi connectivity index (χ3n) is 5.09. The van der Waals surface area contributed by atoms with Crippen molar-refractivity contribution in [1.29, 1.82) is 0 Å². The number of hydrogen-bond acceptors (Lipinski definition) is 11. The molecule has 0 aliphatic carbocycles. The van der Waals surface area contributed by atoms with E-state index in [1.807, 2.05) is 0 Å². The van der Waals surface area contributed by atoms with Crippen molar-refractivity contribution in [1.82, 2.24) is 19.5 Å². The second kappa shape index (κ2) is 9.80. The number of hydrogen-bond donors (Lipinski definition) is 6. The van der Waals surface area contributed by atoms with Gasteiger partial charge in [-0.25, -0.2) is 19.5 Å². The first-order valence-corrected chi connectivity index (χ1v) is 11.8. The summed E-state index contributed by atoms with van der Waals surface area (Å²) in [6.45, 7) is 1.83. The largest absolute Gasteiger partial charge is 0.524 e. The van der Waals surface area contributed by atoms with Gasteiger partial charge < -0.3 is 34.6 Å². The molecular weight excluding hydrogens is 473 g/mol. The lowest BCUT2D eigenvalue weighted by Crippen LogP contribution is -2.33. The molecule has 15 heteroatoms. The second-order valence-electron chi connectivity index (χ2n) is 7.46. The van der Waals surface area contributed by atoms with Gasteiger partial charge in [0.1, 0.15) is 36.1 Å². The molecule has 6 N–H and O–H groups in total. The van der Waals surface area contributed by atoms with Gasteiger partial charge in [-0.05, 0) is 24.6 Å². The number of ether oxygens (including phenoxy) is 2. The molecular formula is C19H24N5O9P. The summed E-state index contributed by atoms with van der Waals surface area (Å²) in [6, 6.07) is 4.50. The minimum Gasteiger partial charge on any atom is -0.494 e. The highest BCUT2D eigenvalue weighted by atomic mass is 31.2. The molecule has 0 spiro atoms. The van der Waals surface area contributed by atoms with E-state index in [0.717, 1.165) is 0 Å². The van der Waals surface area contributed by atoms with Gasteiger partial charge in [0.05, 0.1) is 19.5 Å². The minimum absolute atomic E-state index is 0.0578. The molecule has 3 heterocycles. The van der Waals surface area contributed by atoms with E-state index in [4.69, 9.17) is 23.8 Å². The molecule has 14 nitrogen and oxygen atoms in total. The fraction of sp³-hybridized carbons (Fsp3) is 0.421. The predicted octanol–water partition coefficient (Wildman–Crippen LogP) is -0.0799. The Morgan fingerprint density at radius 3 is 2.59 bits per heavy atom. The Bertz CT molecular complexity index is 1200. The summed E-state index contributed by atoms with van der Waals surface area (Å²) in [7, 11) is -4.76. The van der Waals surface area contributed by atoms with E-state index in [1.165, 1.54) is 29.4 Å². The summed E-state index contributed by atoms with van der Waals surface area (Å²) >= 11 is 0. The molecule has 2 aromatic heterocycles. The average Bonchev–Trinajstić information content (AvgIpc) is 3.32. The zero-order valence-corrected chi connectivity index (χ0v) is 18.8. The summed E-state index contributed by atoms with van der Waals surface area (Å²) in [4.78, 5) is 30.9. The topological polar surface area (TPSA) is 202 Å². The number of aliphatic hydroxyl groups is 3. The third-order valence-corrected chi connectivity index (χ3v) is 5.53. The van der Waals surface area contributed by atoms with E-state index in [0.29, 0.717) is 34.9 Å². The molecule has 0 bridgehead atoms. The van der Waals surface area contributed by atoms with Crippen molar-refractivity contribution in [2.24, 2.45) is 0 Å². The number of nitrogens with one attached hydrogen (secondary N) is 1. The molecule has 4 atom stereocenters. The van der Waals surface area contributed by atoms with Crippen molar-refractivity contribution in [3.05, 3.63) is 36.4 Å². The van der Waals surface area contributed by atoms with Gasteiger partial charge in [0.2, 0.25) is 0 Å². The minimum atomic E-state index is -4.76. The molecule has 1 aliphatic rings. The molecule has 0 amide bonds. The SMILES string of the molecule is CCOc1cc(CNc2ncnc3c2ncn3[C@@H]2O[C@H](CO)[C@@H](O)[C@H]2O)cc(OP(=O)(O)O)c1. The number of anilines is 1. The number of benzene rings is 1. The van der Waals surface area contributed by atoms with Crippen LogP contribution in [0, 0.1) is 0 Å². The molecule has 1 aromatic carbocycles. The lowest BCUT2D eigenvalue weighted by atomic mass is 10.1. The molecule has 3 aromatic rings. The molecule has 1 fully saturated rings. The van der Waals surface area contributed by atoms with Gasteiger partial charge in [-0.3, -0.25) is 14.4 Å². The van der Waals surface area contributed by atoms with Crippen LogP contribution in [0.5, 0.6) is 11.5 Å². The van der Waals surface area contributed by atoms with E-state index >= 15 is 0 Å². The lowest BCUT2D eigenvalue weighted by Gasteiger charge is -2.16. The van der Waals surface area contributed by atoms with Crippen molar-refractivity contribution in [2.75, 3.05) is 18.5 Å². The Morgan fingerprint density at radius 1 is 1.15 bits per heavy atom. The van der Waals surface area contributed by atoms with Crippen LogP contribution >= 0.6 is 7.82 Å². The Labute approximate surface area is 193 Å². The fourth-order valence-corrected chi connectivity index (χ4v) is 4.02. The van der Waals surface area contributed by atoms with Crippen LogP contribution in [0.25, 0.3) is 11.2 Å². The van der Waals surface area contributed by atoms with Crippen LogP contribution in [0.2, 0.25) is 0 Å². The number of phosphoric ester groups is 1. The summed E-state index contributed by atoms with van der Waals surface area (Å²) in [5.74, 6) is 0.652. The van der Waals surface area contributed by atoms with Crippen LogP contribution in [-0.2, 0) is 15.8 Å². The Balaban J connectivity index is 1.58. The summed E-state index contributed by atoms with van der Waals surface area (Å²) in [6.07, 6.45) is -1.85. The van der Waals surface area contributed by atoms with Crippen molar-refractivity contribution >= 4 is 24.8 Å². The van der Waals surface area contributed by atoms with Gasteiger partial charge in [0.25, 0.3) is 0 Å². The number of phosphoric acid groups is 1. The van der Waals surface area contributed by atoms with E-state index in [-0.39, 0.29) is 12.3 Å². The third kappa shape index (κ3) is 5.13. The van der Waals surface area contributed by atoms with Gasteiger partial charge in [0.15, 0.2) is 23.2 Å². The number of fused-ring (bicyclic) bond motifs is 1. The molecule has 34 heavy (non-hydrogen) atoms. The highest BCUT2D eigenvalue weighted by Crippen LogP contribution is 2.39. The number of aromatic nitrogens is 4. The van der Waals surface area contributed by atoms with Crippen LogP contribution in [0.3, 0.4) is 0 Å². The molecule has 1 saturated heterocycles. The molecule has 184 valence electrons. The van der Waals surface area contributed by atoms with Gasteiger partial charge in [-0.2, -0.15) is 0 Å². The average molecular weight is 497 g/mol.